The van der Waals surface area contributed by atoms with E-state index in [1.165, 1.54) is 11.1 Å². The predicted molar refractivity (Wildman–Crippen MR) is 49.1 cm³/mol. The van der Waals surface area contributed by atoms with Crippen molar-refractivity contribution in [2.75, 3.05) is 5.73 Å². The van der Waals surface area contributed by atoms with E-state index in [-0.39, 0.29) is 0 Å². The number of aryl methyl sites for hydroxylation is 2. The van der Waals surface area contributed by atoms with Crippen LogP contribution in [-0.2, 0) is 0 Å². The van der Waals surface area contributed by atoms with Crippen LogP contribution in [0.25, 0.3) is 5.52 Å². The van der Waals surface area contributed by atoms with Gasteiger partial charge in [0.05, 0.1) is 11.7 Å². The van der Waals surface area contributed by atoms with Gasteiger partial charge in [0.25, 0.3) is 0 Å². The Kier molecular flexibility index (Phi) is 1.33. The van der Waals surface area contributed by atoms with E-state index in [2.05, 4.69) is 24.9 Å². The molecule has 2 heterocycles. The number of anilines is 1. The summed E-state index contributed by atoms with van der Waals surface area (Å²) < 4.78 is 1.89. The van der Waals surface area contributed by atoms with Gasteiger partial charge in [-0.05, 0) is 31.0 Å². The van der Waals surface area contributed by atoms with Crippen molar-refractivity contribution >= 4 is 11.5 Å². The fourth-order valence-electron chi connectivity index (χ4n) is 1.27. The highest BCUT2D eigenvalue weighted by Crippen LogP contribution is 2.13. The second-order valence-electron chi connectivity index (χ2n) is 3.05. The van der Waals surface area contributed by atoms with Crippen LogP contribution in [0.2, 0.25) is 0 Å². The van der Waals surface area contributed by atoms with Crippen LogP contribution in [0.1, 0.15) is 11.1 Å². The third-order valence-electron chi connectivity index (χ3n) is 2.16. The molecule has 0 fully saturated rings. The lowest BCUT2D eigenvalue weighted by molar-refractivity contribution is 1.13. The zero-order valence-electron chi connectivity index (χ0n) is 7.20. The monoisotopic (exact) mass is 161 g/mol. The smallest absolute Gasteiger partial charge is 0.204 e. The number of nitrogen functional groups attached to an aromatic ring is 1. The summed E-state index contributed by atoms with van der Waals surface area (Å²) in [5, 5.41) is 0. The molecule has 0 saturated carbocycles. The van der Waals surface area contributed by atoms with Crippen LogP contribution < -0.4 is 5.73 Å². The Morgan fingerprint density at radius 3 is 2.83 bits per heavy atom. The van der Waals surface area contributed by atoms with Gasteiger partial charge in [-0.3, -0.25) is 4.40 Å². The highest BCUT2D eigenvalue weighted by molar-refractivity contribution is 5.53. The van der Waals surface area contributed by atoms with Crippen molar-refractivity contribution < 1.29 is 0 Å². The number of nitrogens with zero attached hydrogens (tertiary/aromatic N) is 2. The van der Waals surface area contributed by atoms with E-state index in [0.717, 1.165) is 5.52 Å². The maximum Gasteiger partial charge on any atom is 0.204 e. The molecule has 0 saturated heterocycles. The second-order valence-corrected chi connectivity index (χ2v) is 3.05. The van der Waals surface area contributed by atoms with Crippen LogP contribution >= 0.6 is 0 Å². The minimum absolute atomic E-state index is 0.549. The molecule has 0 amide bonds. The Morgan fingerprint density at radius 2 is 2.08 bits per heavy atom. The molecule has 3 heteroatoms. The zero-order valence-corrected chi connectivity index (χ0v) is 7.20. The van der Waals surface area contributed by atoms with Gasteiger partial charge in [0.15, 0.2) is 0 Å². The first-order valence-electron chi connectivity index (χ1n) is 3.88. The summed E-state index contributed by atoms with van der Waals surface area (Å²) in [5.41, 5.74) is 9.19. The fraction of sp³-hybridized carbons (Fsp3) is 0.222. The molecule has 0 atom stereocenters. The minimum atomic E-state index is 0.549. The third kappa shape index (κ3) is 0.863. The largest absolute Gasteiger partial charge is 0.369 e. The number of pyridine rings is 1. The Morgan fingerprint density at radius 1 is 1.33 bits per heavy atom. The first-order valence-corrected chi connectivity index (χ1v) is 3.88. The number of nitrogens with two attached hydrogens (primary N) is 1. The molecule has 0 aliphatic rings. The van der Waals surface area contributed by atoms with Gasteiger partial charge >= 0.3 is 0 Å². The standard InChI is InChI=1S/C9H11N3/c1-6-3-8-4-11-9(10)12(8)5-7(6)2/h3-5H,1-2H3,(H2,10,11). The Labute approximate surface area is 70.8 Å². The topological polar surface area (TPSA) is 43.3 Å². The SMILES string of the molecule is Cc1cc2cnc(N)n2cc1C. The van der Waals surface area contributed by atoms with Gasteiger partial charge in [-0.15, -0.1) is 0 Å². The van der Waals surface area contributed by atoms with Crippen molar-refractivity contribution in [1.82, 2.24) is 9.38 Å². The molecule has 62 valence electrons. The maximum atomic E-state index is 5.65. The summed E-state index contributed by atoms with van der Waals surface area (Å²) in [5.74, 6) is 0.549. The quantitative estimate of drug-likeness (QED) is 0.636. The zero-order chi connectivity index (χ0) is 8.72. The van der Waals surface area contributed by atoms with Crippen molar-refractivity contribution in [3.8, 4) is 0 Å². The average molecular weight is 161 g/mol. The van der Waals surface area contributed by atoms with Gasteiger partial charge in [-0.25, -0.2) is 4.98 Å². The van der Waals surface area contributed by atoms with E-state index in [1.54, 1.807) is 6.20 Å². The summed E-state index contributed by atoms with van der Waals surface area (Å²) in [7, 11) is 0. The molecule has 0 aliphatic carbocycles. The second kappa shape index (κ2) is 2.24. The molecule has 3 nitrogen and oxygen atoms in total. The predicted octanol–water partition coefficient (Wildman–Crippen LogP) is 1.53. The molecular weight excluding hydrogens is 150 g/mol. The first kappa shape index (κ1) is 7.16. The number of aromatic nitrogens is 2. The van der Waals surface area contributed by atoms with Crippen LogP contribution in [0.3, 0.4) is 0 Å². The normalized spacial score (nSPS) is 10.8. The fourth-order valence-corrected chi connectivity index (χ4v) is 1.27. The lowest BCUT2D eigenvalue weighted by atomic mass is 10.2. The molecule has 2 N–H and O–H groups in total. The third-order valence-corrected chi connectivity index (χ3v) is 2.16. The van der Waals surface area contributed by atoms with Gasteiger partial charge in [0.2, 0.25) is 5.95 Å². The number of fused-ring (bicyclic) bond motifs is 1. The van der Waals surface area contributed by atoms with Gasteiger partial charge in [-0.1, -0.05) is 0 Å². The van der Waals surface area contributed by atoms with E-state index in [9.17, 15) is 0 Å². The Bertz CT molecular complexity index is 429. The minimum Gasteiger partial charge on any atom is -0.369 e. The van der Waals surface area contributed by atoms with E-state index in [4.69, 9.17) is 5.73 Å². The number of hydrogen-bond acceptors (Lipinski definition) is 2. The number of hydrogen-bond donors (Lipinski definition) is 1. The summed E-state index contributed by atoms with van der Waals surface area (Å²) in [6, 6.07) is 2.08. The van der Waals surface area contributed by atoms with Crippen molar-refractivity contribution in [2.24, 2.45) is 0 Å². The summed E-state index contributed by atoms with van der Waals surface area (Å²) in [6.45, 7) is 4.15. The van der Waals surface area contributed by atoms with Gasteiger partial charge < -0.3 is 5.73 Å². The molecule has 0 aromatic carbocycles. The van der Waals surface area contributed by atoms with Gasteiger partial charge in [0.1, 0.15) is 0 Å². The molecule has 0 aliphatic heterocycles. The van der Waals surface area contributed by atoms with Crippen molar-refractivity contribution in [3.63, 3.8) is 0 Å². The van der Waals surface area contributed by atoms with Crippen LogP contribution in [0.5, 0.6) is 0 Å². The van der Waals surface area contributed by atoms with Crippen molar-refractivity contribution in [1.29, 1.82) is 0 Å². The maximum absolute atomic E-state index is 5.65. The molecule has 0 spiro atoms. The van der Waals surface area contributed by atoms with Crippen LogP contribution in [0.4, 0.5) is 5.95 Å². The van der Waals surface area contributed by atoms with Gasteiger partial charge in [0, 0.05) is 6.20 Å². The van der Waals surface area contributed by atoms with Crippen LogP contribution in [0, 0.1) is 13.8 Å². The highest BCUT2D eigenvalue weighted by atomic mass is 15.1. The average Bonchev–Trinajstić information content (AvgIpc) is 2.35. The van der Waals surface area contributed by atoms with Gasteiger partial charge in [-0.2, -0.15) is 0 Å². The summed E-state index contributed by atoms with van der Waals surface area (Å²) in [4.78, 5) is 4.02. The van der Waals surface area contributed by atoms with E-state index < -0.39 is 0 Å². The van der Waals surface area contributed by atoms with E-state index in [0.29, 0.717) is 5.95 Å². The van der Waals surface area contributed by atoms with Crippen LogP contribution in [-0.4, -0.2) is 9.38 Å². The Balaban J connectivity index is 2.87. The van der Waals surface area contributed by atoms with Crippen LogP contribution in [0.15, 0.2) is 18.5 Å². The molecular formula is C9H11N3. The molecule has 0 bridgehead atoms. The summed E-state index contributed by atoms with van der Waals surface area (Å²) >= 11 is 0. The molecule has 2 aromatic rings. The highest BCUT2D eigenvalue weighted by Gasteiger charge is 2.00. The van der Waals surface area contributed by atoms with Crippen molar-refractivity contribution in [2.45, 2.75) is 13.8 Å². The number of rotatable bonds is 0. The van der Waals surface area contributed by atoms with E-state index in [1.807, 2.05) is 10.6 Å². The number of imidazole rings is 1. The molecule has 2 aromatic heterocycles. The lowest BCUT2D eigenvalue weighted by Crippen LogP contribution is -1.95. The molecule has 0 radical (unpaired) electrons. The molecule has 2 rings (SSSR count). The summed E-state index contributed by atoms with van der Waals surface area (Å²) in [6.07, 6.45) is 3.79. The Hall–Kier alpha value is -1.51. The van der Waals surface area contributed by atoms with E-state index >= 15 is 0 Å². The van der Waals surface area contributed by atoms with Crippen molar-refractivity contribution in [3.05, 3.63) is 29.6 Å². The first-order chi connectivity index (χ1) is 5.68. The lowest BCUT2D eigenvalue weighted by Gasteiger charge is -2.01. The molecule has 12 heavy (non-hydrogen) atoms. The molecule has 0 unspecified atom stereocenters.